The SMILES string of the molecule is Cc1c(Cl)cccc1C(N)c1cnn(-c2ccccc2)c1. The molecule has 0 aliphatic carbocycles. The van der Waals surface area contributed by atoms with Gasteiger partial charge in [-0.05, 0) is 36.2 Å². The first-order valence-electron chi connectivity index (χ1n) is 6.77. The molecule has 0 radical (unpaired) electrons. The zero-order chi connectivity index (χ0) is 14.8. The zero-order valence-corrected chi connectivity index (χ0v) is 12.5. The Balaban J connectivity index is 1.95. The van der Waals surface area contributed by atoms with Crippen LogP contribution in [-0.4, -0.2) is 9.78 Å². The highest BCUT2D eigenvalue weighted by Crippen LogP contribution is 2.27. The number of halogens is 1. The van der Waals surface area contributed by atoms with Crippen LogP contribution >= 0.6 is 11.6 Å². The maximum atomic E-state index is 6.37. The summed E-state index contributed by atoms with van der Waals surface area (Å²) < 4.78 is 1.83. The van der Waals surface area contributed by atoms with Gasteiger partial charge in [-0.3, -0.25) is 0 Å². The number of aromatic nitrogens is 2. The molecule has 0 amide bonds. The summed E-state index contributed by atoms with van der Waals surface area (Å²) in [6.07, 6.45) is 3.76. The Bertz CT molecular complexity index is 750. The molecule has 0 saturated carbocycles. The summed E-state index contributed by atoms with van der Waals surface area (Å²) in [5.41, 5.74) is 10.4. The second-order valence-corrected chi connectivity index (χ2v) is 5.39. The van der Waals surface area contributed by atoms with Crippen molar-refractivity contribution >= 4 is 11.6 Å². The largest absolute Gasteiger partial charge is 0.320 e. The fraction of sp³-hybridized carbons (Fsp3) is 0.118. The molecule has 0 spiro atoms. The third-order valence-electron chi connectivity index (χ3n) is 3.63. The van der Waals surface area contributed by atoms with Gasteiger partial charge in [0.2, 0.25) is 0 Å². The number of hydrogen-bond donors (Lipinski definition) is 1. The molecule has 106 valence electrons. The molecule has 21 heavy (non-hydrogen) atoms. The highest BCUT2D eigenvalue weighted by molar-refractivity contribution is 6.31. The maximum absolute atomic E-state index is 6.37. The predicted octanol–water partition coefficient (Wildman–Crippen LogP) is 3.88. The Morgan fingerprint density at radius 1 is 1.10 bits per heavy atom. The van der Waals surface area contributed by atoms with E-state index in [1.807, 2.05) is 66.3 Å². The lowest BCUT2D eigenvalue weighted by atomic mass is 9.98. The van der Waals surface area contributed by atoms with Crippen LogP contribution in [0.25, 0.3) is 5.69 Å². The molecule has 3 rings (SSSR count). The van der Waals surface area contributed by atoms with Crippen LogP contribution in [0.2, 0.25) is 5.02 Å². The van der Waals surface area contributed by atoms with Gasteiger partial charge >= 0.3 is 0 Å². The Morgan fingerprint density at radius 2 is 1.86 bits per heavy atom. The van der Waals surface area contributed by atoms with Crippen LogP contribution < -0.4 is 5.73 Å². The van der Waals surface area contributed by atoms with Crippen molar-refractivity contribution in [2.75, 3.05) is 0 Å². The first-order valence-corrected chi connectivity index (χ1v) is 7.15. The van der Waals surface area contributed by atoms with Crippen LogP contribution in [0, 0.1) is 6.92 Å². The fourth-order valence-electron chi connectivity index (χ4n) is 2.36. The maximum Gasteiger partial charge on any atom is 0.0645 e. The number of rotatable bonds is 3. The fourth-order valence-corrected chi connectivity index (χ4v) is 2.54. The summed E-state index contributed by atoms with van der Waals surface area (Å²) >= 11 is 6.17. The van der Waals surface area contributed by atoms with Gasteiger partial charge in [-0.15, -0.1) is 0 Å². The predicted molar refractivity (Wildman–Crippen MR) is 85.8 cm³/mol. The second-order valence-electron chi connectivity index (χ2n) is 4.99. The lowest BCUT2D eigenvalue weighted by Crippen LogP contribution is -2.12. The van der Waals surface area contributed by atoms with Gasteiger partial charge in [0.15, 0.2) is 0 Å². The van der Waals surface area contributed by atoms with Gasteiger partial charge in [-0.25, -0.2) is 4.68 Å². The molecule has 0 bridgehead atoms. The summed E-state index contributed by atoms with van der Waals surface area (Å²) in [6, 6.07) is 15.5. The van der Waals surface area contributed by atoms with Crippen molar-refractivity contribution < 1.29 is 0 Å². The summed E-state index contributed by atoms with van der Waals surface area (Å²) in [5, 5.41) is 5.12. The molecule has 1 heterocycles. The minimum absolute atomic E-state index is 0.235. The molecule has 3 nitrogen and oxygen atoms in total. The van der Waals surface area contributed by atoms with Crippen LogP contribution in [0.3, 0.4) is 0 Å². The number of benzene rings is 2. The number of para-hydroxylation sites is 1. The summed E-state index contributed by atoms with van der Waals surface area (Å²) in [4.78, 5) is 0. The van der Waals surface area contributed by atoms with Gasteiger partial charge in [0.1, 0.15) is 0 Å². The van der Waals surface area contributed by atoms with Crippen LogP contribution in [0.4, 0.5) is 0 Å². The van der Waals surface area contributed by atoms with E-state index in [0.29, 0.717) is 0 Å². The van der Waals surface area contributed by atoms with E-state index in [1.165, 1.54) is 0 Å². The van der Waals surface area contributed by atoms with E-state index in [9.17, 15) is 0 Å². The Kier molecular flexibility index (Phi) is 3.78. The molecule has 2 N–H and O–H groups in total. The third kappa shape index (κ3) is 2.71. The average molecular weight is 298 g/mol. The van der Waals surface area contributed by atoms with E-state index in [1.54, 1.807) is 6.20 Å². The molecule has 4 heteroatoms. The summed E-state index contributed by atoms with van der Waals surface area (Å²) in [6.45, 7) is 1.99. The van der Waals surface area contributed by atoms with E-state index in [0.717, 1.165) is 27.4 Å². The molecule has 0 fully saturated rings. The molecule has 0 aliphatic rings. The van der Waals surface area contributed by atoms with Crippen LogP contribution in [0.15, 0.2) is 60.9 Å². The standard InChI is InChI=1S/C17H16ClN3/c1-12-15(8-5-9-16(12)18)17(19)13-10-20-21(11-13)14-6-3-2-4-7-14/h2-11,17H,19H2,1H3. The Morgan fingerprint density at radius 3 is 2.62 bits per heavy atom. The van der Waals surface area contributed by atoms with Crippen molar-refractivity contribution in [3.63, 3.8) is 0 Å². The van der Waals surface area contributed by atoms with E-state index >= 15 is 0 Å². The third-order valence-corrected chi connectivity index (χ3v) is 4.04. The van der Waals surface area contributed by atoms with Gasteiger partial charge in [0.05, 0.1) is 17.9 Å². The zero-order valence-electron chi connectivity index (χ0n) is 11.7. The smallest absolute Gasteiger partial charge is 0.0645 e. The molecule has 3 aromatic rings. The second kappa shape index (κ2) is 5.72. The van der Waals surface area contributed by atoms with E-state index < -0.39 is 0 Å². The van der Waals surface area contributed by atoms with Crippen LogP contribution in [-0.2, 0) is 0 Å². The molecule has 1 unspecified atom stereocenters. The molecule has 0 saturated heterocycles. The average Bonchev–Trinajstić information content (AvgIpc) is 3.00. The lowest BCUT2D eigenvalue weighted by Gasteiger charge is -2.14. The van der Waals surface area contributed by atoms with Gasteiger partial charge in [0.25, 0.3) is 0 Å². The number of nitrogens with zero attached hydrogens (tertiary/aromatic N) is 2. The topological polar surface area (TPSA) is 43.8 Å². The quantitative estimate of drug-likeness (QED) is 0.797. The van der Waals surface area contributed by atoms with Crippen molar-refractivity contribution in [1.29, 1.82) is 0 Å². The van der Waals surface area contributed by atoms with Crippen molar-refractivity contribution in [3.8, 4) is 5.69 Å². The Hall–Kier alpha value is -2.10. The van der Waals surface area contributed by atoms with E-state index in [2.05, 4.69) is 5.10 Å². The first kappa shape index (κ1) is 13.9. The molecular weight excluding hydrogens is 282 g/mol. The highest BCUT2D eigenvalue weighted by atomic mass is 35.5. The number of hydrogen-bond acceptors (Lipinski definition) is 2. The number of nitrogens with two attached hydrogens (primary N) is 1. The summed E-state index contributed by atoms with van der Waals surface area (Å²) in [5.74, 6) is 0. The first-order chi connectivity index (χ1) is 10.2. The highest BCUT2D eigenvalue weighted by Gasteiger charge is 2.15. The van der Waals surface area contributed by atoms with Crippen molar-refractivity contribution in [3.05, 3.63) is 82.6 Å². The van der Waals surface area contributed by atoms with Crippen molar-refractivity contribution in [1.82, 2.24) is 9.78 Å². The summed E-state index contributed by atoms with van der Waals surface area (Å²) in [7, 11) is 0. The van der Waals surface area contributed by atoms with E-state index in [-0.39, 0.29) is 6.04 Å². The molecular formula is C17H16ClN3. The van der Waals surface area contributed by atoms with Gasteiger partial charge in [0, 0.05) is 16.8 Å². The van der Waals surface area contributed by atoms with Crippen LogP contribution in [0.5, 0.6) is 0 Å². The minimum Gasteiger partial charge on any atom is -0.320 e. The normalized spacial score (nSPS) is 12.3. The molecule has 1 aromatic heterocycles. The molecule has 1 atom stereocenters. The van der Waals surface area contributed by atoms with Crippen molar-refractivity contribution in [2.45, 2.75) is 13.0 Å². The molecule has 2 aromatic carbocycles. The monoisotopic (exact) mass is 297 g/mol. The van der Waals surface area contributed by atoms with Crippen molar-refractivity contribution in [2.24, 2.45) is 5.73 Å². The van der Waals surface area contributed by atoms with Gasteiger partial charge in [-0.1, -0.05) is 41.9 Å². The Labute approximate surface area is 129 Å². The minimum atomic E-state index is -0.235. The van der Waals surface area contributed by atoms with Gasteiger partial charge in [-0.2, -0.15) is 5.10 Å². The van der Waals surface area contributed by atoms with E-state index in [4.69, 9.17) is 17.3 Å². The van der Waals surface area contributed by atoms with Crippen LogP contribution in [0.1, 0.15) is 22.7 Å². The van der Waals surface area contributed by atoms with Gasteiger partial charge < -0.3 is 5.73 Å². The lowest BCUT2D eigenvalue weighted by molar-refractivity contribution is 0.855. The molecule has 0 aliphatic heterocycles.